The molecule has 6 heteroatoms. The smallest absolute Gasteiger partial charge is 0.271 e. The van der Waals surface area contributed by atoms with Crippen molar-refractivity contribution >= 4 is 5.91 Å². The normalized spacial score (nSPS) is 22.5. The number of piperidine rings is 1. The summed E-state index contributed by atoms with van der Waals surface area (Å²) in [5.74, 6) is -0.116. The SMILES string of the molecule is CC(C)=CCN1CCC2(CCC(CNC(=O)c3cc(C)n(C)n3)O2)CC1. The number of carbonyl (C=O) groups excluding carboxylic acids is 1. The van der Waals surface area contributed by atoms with Gasteiger partial charge in [-0.2, -0.15) is 5.10 Å². The van der Waals surface area contributed by atoms with Crippen LogP contribution in [0.15, 0.2) is 17.7 Å². The van der Waals surface area contributed by atoms with Crippen LogP contribution in [0.25, 0.3) is 0 Å². The molecule has 3 rings (SSSR count). The number of amides is 1. The van der Waals surface area contributed by atoms with Crippen LogP contribution < -0.4 is 5.32 Å². The van der Waals surface area contributed by atoms with Gasteiger partial charge < -0.3 is 10.1 Å². The lowest BCUT2D eigenvalue weighted by atomic mass is 9.88. The van der Waals surface area contributed by atoms with Gasteiger partial charge in [-0.1, -0.05) is 11.6 Å². The zero-order chi connectivity index (χ0) is 18.7. The molecular formula is C20H32N4O2. The molecule has 2 saturated heterocycles. The number of nitrogens with zero attached hydrogens (tertiary/aromatic N) is 3. The fourth-order valence-corrected chi connectivity index (χ4v) is 3.83. The second-order valence-corrected chi connectivity index (χ2v) is 8.05. The lowest BCUT2D eigenvalue weighted by Gasteiger charge is -2.39. The largest absolute Gasteiger partial charge is 0.370 e. The van der Waals surface area contributed by atoms with Gasteiger partial charge in [-0.25, -0.2) is 0 Å². The summed E-state index contributed by atoms with van der Waals surface area (Å²) in [4.78, 5) is 14.8. The van der Waals surface area contributed by atoms with E-state index in [1.165, 1.54) is 5.57 Å². The Morgan fingerprint density at radius 1 is 1.38 bits per heavy atom. The molecule has 0 radical (unpaired) electrons. The Bertz CT molecular complexity index is 648. The maximum atomic E-state index is 12.2. The van der Waals surface area contributed by atoms with E-state index in [0.29, 0.717) is 12.2 Å². The number of nitrogens with one attached hydrogen (secondary N) is 1. The van der Waals surface area contributed by atoms with Crippen LogP contribution in [0.5, 0.6) is 0 Å². The molecule has 0 saturated carbocycles. The summed E-state index contributed by atoms with van der Waals surface area (Å²) in [5, 5.41) is 7.22. The molecule has 1 atom stereocenters. The predicted octanol–water partition coefficient (Wildman–Crippen LogP) is 2.44. The summed E-state index contributed by atoms with van der Waals surface area (Å²) in [6, 6.07) is 1.81. The van der Waals surface area contributed by atoms with Crippen molar-refractivity contribution in [2.24, 2.45) is 7.05 Å². The standard InChI is InChI=1S/C20H32N4O2/c1-15(2)6-10-24-11-8-20(9-12-24)7-5-17(26-20)14-21-19(25)18-13-16(3)23(4)22-18/h6,13,17H,5,7-12,14H2,1-4H3,(H,21,25). The Labute approximate surface area is 156 Å². The Hall–Kier alpha value is -1.66. The van der Waals surface area contributed by atoms with E-state index >= 15 is 0 Å². The summed E-state index contributed by atoms with van der Waals surface area (Å²) in [5.41, 5.74) is 2.86. The highest BCUT2D eigenvalue weighted by molar-refractivity contribution is 5.92. The van der Waals surface area contributed by atoms with Crippen molar-refractivity contribution in [2.45, 2.75) is 58.2 Å². The third-order valence-corrected chi connectivity index (χ3v) is 5.70. The molecule has 0 aliphatic carbocycles. The summed E-state index contributed by atoms with van der Waals surface area (Å²) in [6.45, 7) is 10.0. The van der Waals surface area contributed by atoms with Crippen molar-refractivity contribution in [1.29, 1.82) is 0 Å². The molecular weight excluding hydrogens is 328 g/mol. The first-order valence-corrected chi connectivity index (χ1v) is 9.69. The van der Waals surface area contributed by atoms with E-state index < -0.39 is 0 Å². The first kappa shape index (κ1) is 19.1. The van der Waals surface area contributed by atoms with E-state index in [2.05, 4.69) is 35.2 Å². The number of ether oxygens (including phenoxy) is 1. The molecule has 1 spiro atoms. The molecule has 2 aliphatic heterocycles. The number of hydrogen-bond acceptors (Lipinski definition) is 4. The Morgan fingerprint density at radius 2 is 2.12 bits per heavy atom. The molecule has 1 aromatic rings. The van der Waals surface area contributed by atoms with E-state index in [4.69, 9.17) is 4.74 Å². The number of hydrogen-bond donors (Lipinski definition) is 1. The topological polar surface area (TPSA) is 59.4 Å². The fourth-order valence-electron chi connectivity index (χ4n) is 3.83. The summed E-state index contributed by atoms with van der Waals surface area (Å²) in [7, 11) is 1.85. The summed E-state index contributed by atoms with van der Waals surface area (Å²) >= 11 is 0. The fraction of sp³-hybridized carbons (Fsp3) is 0.700. The van der Waals surface area contributed by atoms with Crippen LogP contribution in [-0.2, 0) is 11.8 Å². The van der Waals surface area contributed by atoms with E-state index in [1.54, 1.807) is 4.68 Å². The van der Waals surface area contributed by atoms with Gasteiger partial charge in [0.25, 0.3) is 5.91 Å². The summed E-state index contributed by atoms with van der Waals surface area (Å²) in [6.07, 6.45) is 6.72. The molecule has 0 aromatic carbocycles. The molecule has 2 aliphatic rings. The molecule has 144 valence electrons. The van der Waals surface area contributed by atoms with Crippen molar-refractivity contribution in [2.75, 3.05) is 26.2 Å². The van der Waals surface area contributed by atoms with Gasteiger partial charge >= 0.3 is 0 Å². The second-order valence-electron chi connectivity index (χ2n) is 8.05. The highest BCUT2D eigenvalue weighted by atomic mass is 16.5. The molecule has 1 aromatic heterocycles. The van der Waals surface area contributed by atoms with Crippen LogP contribution in [0, 0.1) is 6.92 Å². The second kappa shape index (κ2) is 7.92. The van der Waals surface area contributed by atoms with E-state index in [-0.39, 0.29) is 17.6 Å². The van der Waals surface area contributed by atoms with Gasteiger partial charge in [-0.05, 0) is 52.5 Å². The average Bonchev–Trinajstić information content (AvgIpc) is 3.16. The maximum Gasteiger partial charge on any atom is 0.271 e. The molecule has 26 heavy (non-hydrogen) atoms. The lowest BCUT2D eigenvalue weighted by molar-refractivity contribution is -0.0741. The minimum atomic E-state index is -0.116. The third kappa shape index (κ3) is 4.54. The molecule has 1 amide bonds. The third-order valence-electron chi connectivity index (χ3n) is 5.70. The molecule has 2 fully saturated rings. The van der Waals surface area contributed by atoms with Crippen molar-refractivity contribution < 1.29 is 9.53 Å². The molecule has 1 N–H and O–H groups in total. The quantitative estimate of drug-likeness (QED) is 0.820. The number of allylic oxidation sites excluding steroid dienone is 1. The van der Waals surface area contributed by atoms with Crippen LogP contribution in [0.2, 0.25) is 0 Å². The summed E-state index contributed by atoms with van der Waals surface area (Å²) < 4.78 is 8.12. The van der Waals surface area contributed by atoms with Gasteiger partial charge in [0.15, 0.2) is 0 Å². The lowest BCUT2D eigenvalue weighted by Crippen LogP contribution is -2.45. The van der Waals surface area contributed by atoms with Crippen molar-refractivity contribution in [3.63, 3.8) is 0 Å². The van der Waals surface area contributed by atoms with E-state index in [1.807, 2.05) is 20.0 Å². The maximum absolute atomic E-state index is 12.2. The zero-order valence-electron chi connectivity index (χ0n) is 16.5. The molecule has 0 bridgehead atoms. The average molecular weight is 361 g/mol. The number of aryl methyl sites for hydroxylation is 2. The van der Waals surface area contributed by atoms with Gasteiger partial charge in [0.05, 0.1) is 11.7 Å². The van der Waals surface area contributed by atoms with Crippen LogP contribution >= 0.6 is 0 Å². The van der Waals surface area contributed by atoms with Gasteiger partial charge in [0, 0.05) is 38.9 Å². The highest BCUT2D eigenvalue weighted by Gasteiger charge is 2.42. The first-order valence-electron chi connectivity index (χ1n) is 9.69. The van der Waals surface area contributed by atoms with Crippen molar-refractivity contribution in [3.05, 3.63) is 29.1 Å². The minimum Gasteiger partial charge on any atom is -0.370 e. The first-order chi connectivity index (χ1) is 12.4. The van der Waals surface area contributed by atoms with Gasteiger partial charge in [0.1, 0.15) is 5.69 Å². The van der Waals surface area contributed by atoms with Crippen LogP contribution in [0.4, 0.5) is 0 Å². The number of likely N-dealkylation sites (tertiary alicyclic amines) is 1. The van der Waals surface area contributed by atoms with Gasteiger partial charge in [-0.15, -0.1) is 0 Å². The predicted molar refractivity (Wildman–Crippen MR) is 102 cm³/mol. The number of rotatable bonds is 5. The Balaban J connectivity index is 1.44. The Kier molecular flexibility index (Phi) is 5.82. The molecule has 3 heterocycles. The van der Waals surface area contributed by atoms with Crippen LogP contribution in [0.3, 0.4) is 0 Å². The zero-order valence-corrected chi connectivity index (χ0v) is 16.5. The van der Waals surface area contributed by atoms with E-state index in [0.717, 1.165) is 51.0 Å². The van der Waals surface area contributed by atoms with Crippen LogP contribution in [-0.4, -0.2) is 58.5 Å². The number of carbonyl (C=O) groups is 1. The van der Waals surface area contributed by atoms with E-state index in [9.17, 15) is 4.79 Å². The van der Waals surface area contributed by atoms with Crippen LogP contribution in [0.1, 0.15) is 55.7 Å². The van der Waals surface area contributed by atoms with Gasteiger partial charge in [-0.3, -0.25) is 14.4 Å². The Morgan fingerprint density at radius 3 is 2.73 bits per heavy atom. The number of aromatic nitrogens is 2. The molecule has 6 nitrogen and oxygen atoms in total. The van der Waals surface area contributed by atoms with Crippen molar-refractivity contribution in [1.82, 2.24) is 20.0 Å². The molecule has 1 unspecified atom stereocenters. The minimum absolute atomic E-state index is 0.0262. The monoisotopic (exact) mass is 360 g/mol. The highest BCUT2D eigenvalue weighted by Crippen LogP contribution is 2.38. The van der Waals surface area contributed by atoms with Gasteiger partial charge in [0.2, 0.25) is 0 Å². The van der Waals surface area contributed by atoms with Crippen molar-refractivity contribution in [3.8, 4) is 0 Å².